The van der Waals surface area contributed by atoms with Crippen LogP contribution in [0.2, 0.25) is 0 Å². The number of nitrogen functional groups attached to an aromatic ring is 1. The van der Waals surface area contributed by atoms with Crippen LogP contribution >= 0.6 is 0 Å². The van der Waals surface area contributed by atoms with Gasteiger partial charge in [0.15, 0.2) is 17.4 Å². The van der Waals surface area contributed by atoms with Crippen LogP contribution in [0, 0.1) is 5.82 Å². The molecule has 172 valence electrons. The van der Waals surface area contributed by atoms with E-state index in [0.717, 1.165) is 17.7 Å². The van der Waals surface area contributed by atoms with Gasteiger partial charge in [-0.25, -0.2) is 9.49 Å². The Hall–Kier alpha value is -4.40. The van der Waals surface area contributed by atoms with Gasteiger partial charge in [0, 0.05) is 30.9 Å². The van der Waals surface area contributed by atoms with Crippen LogP contribution in [0.4, 0.5) is 10.2 Å². The Morgan fingerprint density at radius 3 is 2.74 bits per heavy atom. The second-order valence-corrected chi connectivity index (χ2v) is 8.12. The monoisotopic (exact) mass is 459 g/mol. The van der Waals surface area contributed by atoms with Crippen LogP contribution in [0.3, 0.4) is 0 Å². The number of benzene rings is 2. The van der Waals surface area contributed by atoms with E-state index < -0.39 is 5.82 Å². The van der Waals surface area contributed by atoms with E-state index in [4.69, 9.17) is 10.5 Å². The van der Waals surface area contributed by atoms with Gasteiger partial charge in [0.1, 0.15) is 11.3 Å². The molecule has 1 fully saturated rings. The summed E-state index contributed by atoms with van der Waals surface area (Å²) < 4.78 is 21.4. The summed E-state index contributed by atoms with van der Waals surface area (Å²) in [5.74, 6) is 0.161. The quantitative estimate of drug-likeness (QED) is 0.443. The van der Waals surface area contributed by atoms with E-state index in [-0.39, 0.29) is 29.0 Å². The van der Waals surface area contributed by atoms with Gasteiger partial charge < -0.3 is 19.9 Å². The Morgan fingerprint density at radius 1 is 1.24 bits per heavy atom. The van der Waals surface area contributed by atoms with Gasteiger partial charge in [-0.3, -0.25) is 9.59 Å². The summed E-state index contributed by atoms with van der Waals surface area (Å²) in [5, 5.41) is 6.87. The first-order valence-electron chi connectivity index (χ1n) is 10.8. The van der Waals surface area contributed by atoms with Crippen LogP contribution in [-0.4, -0.2) is 38.7 Å². The molecule has 0 unspecified atom stereocenters. The van der Waals surface area contributed by atoms with E-state index in [1.165, 1.54) is 12.1 Å². The molecule has 1 atom stereocenters. The number of nitrogens with one attached hydrogen (secondary N) is 1. The zero-order valence-electron chi connectivity index (χ0n) is 18.2. The highest BCUT2D eigenvalue weighted by Crippen LogP contribution is 2.35. The van der Waals surface area contributed by atoms with Gasteiger partial charge >= 0.3 is 0 Å². The number of aromatic amines is 1. The number of H-pyrrole nitrogens is 1. The summed E-state index contributed by atoms with van der Waals surface area (Å²) in [6.07, 6.45) is 3.89. The topological polar surface area (TPSA) is 106 Å². The number of carbonyl (C=O) groups excluding carboxylic acids is 1. The van der Waals surface area contributed by atoms with Crippen molar-refractivity contribution in [2.24, 2.45) is 0 Å². The predicted molar refractivity (Wildman–Crippen MR) is 127 cm³/mol. The van der Waals surface area contributed by atoms with Crippen molar-refractivity contribution in [3.63, 3.8) is 0 Å². The third kappa shape index (κ3) is 3.71. The van der Waals surface area contributed by atoms with E-state index >= 15 is 0 Å². The third-order valence-electron chi connectivity index (χ3n) is 6.08. The molecule has 8 nitrogen and oxygen atoms in total. The lowest BCUT2D eigenvalue weighted by molar-refractivity contribution is -0.125. The van der Waals surface area contributed by atoms with Crippen LogP contribution in [0.25, 0.3) is 16.6 Å². The normalized spacial score (nSPS) is 15.6. The smallest absolute Gasteiger partial charge is 0.274 e. The standard InChI is InChI=1S/C25H22FN5O3/c1-2-21(32)30-12-11-15(13-30)18-14-31(23-22(18)25(33)29-28-24(23)27)16-7-9-17(10-8-16)34-20-6-4-3-5-19(20)26/h2-10,14-15H,1,11-13H2,(H2,27,28)(H,29,33)/t15-/m1/s1. The Morgan fingerprint density at radius 2 is 2.00 bits per heavy atom. The van der Waals surface area contributed by atoms with Crippen molar-refractivity contribution < 1.29 is 13.9 Å². The summed E-state index contributed by atoms with van der Waals surface area (Å²) in [5.41, 5.74) is 7.86. The predicted octanol–water partition coefficient (Wildman–Crippen LogP) is 3.73. The van der Waals surface area contributed by atoms with Gasteiger partial charge in [-0.15, -0.1) is 0 Å². The van der Waals surface area contributed by atoms with Crippen molar-refractivity contribution in [2.75, 3.05) is 18.8 Å². The van der Waals surface area contributed by atoms with E-state index in [1.807, 2.05) is 10.8 Å². The zero-order valence-corrected chi connectivity index (χ0v) is 18.2. The second kappa shape index (κ2) is 8.51. The number of aromatic nitrogens is 3. The fourth-order valence-corrected chi connectivity index (χ4v) is 4.42. The Balaban J connectivity index is 1.53. The van der Waals surface area contributed by atoms with Crippen molar-refractivity contribution in [2.45, 2.75) is 12.3 Å². The lowest BCUT2D eigenvalue weighted by Gasteiger charge is -2.13. The molecule has 0 spiro atoms. The van der Waals surface area contributed by atoms with Crippen molar-refractivity contribution in [1.29, 1.82) is 0 Å². The van der Waals surface area contributed by atoms with Gasteiger partial charge in [-0.2, -0.15) is 5.10 Å². The van der Waals surface area contributed by atoms with Gasteiger partial charge in [0.2, 0.25) is 5.91 Å². The Kier molecular flexibility index (Phi) is 5.37. The van der Waals surface area contributed by atoms with E-state index in [0.29, 0.717) is 29.7 Å². The largest absolute Gasteiger partial charge is 0.454 e. The maximum absolute atomic E-state index is 13.9. The van der Waals surface area contributed by atoms with Crippen LogP contribution in [0.5, 0.6) is 11.5 Å². The number of hydrogen-bond donors (Lipinski definition) is 2. The maximum Gasteiger partial charge on any atom is 0.274 e. The molecule has 0 aliphatic carbocycles. The first kappa shape index (κ1) is 21.4. The number of para-hydroxylation sites is 1. The first-order valence-corrected chi connectivity index (χ1v) is 10.8. The summed E-state index contributed by atoms with van der Waals surface area (Å²) in [7, 11) is 0. The third-order valence-corrected chi connectivity index (χ3v) is 6.08. The molecule has 1 amide bonds. The molecule has 0 bridgehead atoms. The molecule has 0 saturated carbocycles. The molecule has 2 aromatic carbocycles. The number of carbonyl (C=O) groups is 1. The molecule has 1 aliphatic rings. The van der Waals surface area contributed by atoms with Crippen LogP contribution in [-0.2, 0) is 4.79 Å². The average molecular weight is 459 g/mol. The van der Waals surface area contributed by atoms with Crippen LogP contribution in [0.15, 0.2) is 72.2 Å². The molecule has 3 N–H and O–H groups in total. The number of likely N-dealkylation sites (tertiary alicyclic amines) is 1. The van der Waals surface area contributed by atoms with E-state index in [9.17, 15) is 14.0 Å². The summed E-state index contributed by atoms with van der Waals surface area (Å²) in [4.78, 5) is 26.5. The summed E-state index contributed by atoms with van der Waals surface area (Å²) in [6.45, 7) is 4.63. The highest BCUT2D eigenvalue weighted by molar-refractivity contribution is 5.92. The number of anilines is 1. The van der Waals surface area contributed by atoms with Gasteiger partial charge in [-0.05, 0) is 54.5 Å². The minimum Gasteiger partial charge on any atom is -0.454 e. The second-order valence-electron chi connectivity index (χ2n) is 8.12. The van der Waals surface area contributed by atoms with Crippen molar-refractivity contribution >= 4 is 22.6 Å². The van der Waals surface area contributed by atoms with E-state index in [2.05, 4.69) is 16.8 Å². The molecule has 9 heteroatoms. The number of fused-ring (bicyclic) bond motifs is 1. The number of ether oxygens (including phenoxy) is 1. The van der Waals surface area contributed by atoms with Crippen LogP contribution in [0.1, 0.15) is 17.9 Å². The minimum atomic E-state index is -0.453. The molecule has 3 heterocycles. The van der Waals surface area contributed by atoms with Crippen molar-refractivity contribution in [1.82, 2.24) is 19.7 Å². The summed E-state index contributed by atoms with van der Waals surface area (Å²) >= 11 is 0. The summed E-state index contributed by atoms with van der Waals surface area (Å²) in [6, 6.07) is 13.2. The SMILES string of the molecule is C=CC(=O)N1CC[C@@H](c2cn(-c3ccc(Oc4ccccc4F)cc3)c3c(N)n[nH]c(=O)c23)C1. The zero-order chi connectivity index (χ0) is 23.8. The number of nitrogens with zero attached hydrogens (tertiary/aromatic N) is 3. The molecule has 34 heavy (non-hydrogen) atoms. The highest BCUT2D eigenvalue weighted by Gasteiger charge is 2.30. The number of nitrogens with two attached hydrogens (primary N) is 1. The van der Waals surface area contributed by atoms with Gasteiger partial charge in [0.25, 0.3) is 5.56 Å². The lowest BCUT2D eigenvalue weighted by Crippen LogP contribution is -2.26. The fourth-order valence-electron chi connectivity index (χ4n) is 4.42. The lowest BCUT2D eigenvalue weighted by atomic mass is 9.99. The van der Waals surface area contributed by atoms with Crippen LogP contribution < -0.4 is 16.0 Å². The average Bonchev–Trinajstić information content (AvgIpc) is 3.49. The first-order chi connectivity index (χ1) is 16.5. The maximum atomic E-state index is 13.9. The fraction of sp³-hybridized carbons (Fsp3) is 0.160. The van der Waals surface area contributed by atoms with E-state index in [1.54, 1.807) is 47.4 Å². The Bertz CT molecular complexity index is 1460. The number of amides is 1. The number of halogens is 1. The highest BCUT2D eigenvalue weighted by atomic mass is 19.1. The van der Waals surface area contributed by atoms with Crippen molar-refractivity contribution in [3.8, 4) is 17.2 Å². The Labute approximate surface area is 194 Å². The van der Waals surface area contributed by atoms with Gasteiger partial charge in [-0.1, -0.05) is 18.7 Å². The molecule has 1 aliphatic heterocycles. The molecule has 4 aromatic rings. The molecular weight excluding hydrogens is 437 g/mol. The number of rotatable bonds is 5. The number of hydrogen-bond acceptors (Lipinski definition) is 5. The molecule has 2 aromatic heterocycles. The minimum absolute atomic E-state index is 0.0285. The molecule has 1 saturated heterocycles. The molecule has 0 radical (unpaired) electrons. The molecular formula is C25H22FN5O3. The molecule has 5 rings (SSSR count). The van der Waals surface area contributed by atoms with Crippen molar-refractivity contribution in [3.05, 3.63) is 89.1 Å². The van der Waals surface area contributed by atoms with Gasteiger partial charge in [0.05, 0.1) is 5.39 Å².